The molecule has 0 heterocycles. The van der Waals surface area contributed by atoms with E-state index in [9.17, 15) is 13.2 Å². The summed E-state index contributed by atoms with van der Waals surface area (Å²) in [6, 6.07) is 22.1. The summed E-state index contributed by atoms with van der Waals surface area (Å²) in [4.78, 5) is 12.5. The molecule has 0 saturated carbocycles. The zero-order valence-electron chi connectivity index (χ0n) is 17.1. The summed E-state index contributed by atoms with van der Waals surface area (Å²) >= 11 is 5.20. The maximum Gasteiger partial charge on any atom is 0.261 e. The van der Waals surface area contributed by atoms with E-state index in [2.05, 4.69) is 29.2 Å². The largest absolute Gasteiger partial charge is 0.332 e. The van der Waals surface area contributed by atoms with Crippen LogP contribution in [0, 0.1) is 0 Å². The zero-order valence-corrected chi connectivity index (χ0v) is 18.8. The Morgan fingerprint density at radius 2 is 1.45 bits per heavy atom. The van der Waals surface area contributed by atoms with Crippen molar-refractivity contribution in [2.24, 2.45) is 0 Å². The Kier molecular flexibility index (Phi) is 7.04. The first-order valence-electron chi connectivity index (χ1n) is 9.65. The molecule has 0 spiro atoms. The highest BCUT2D eigenvalue weighted by Crippen LogP contribution is 2.18. The van der Waals surface area contributed by atoms with E-state index in [1.54, 1.807) is 54.6 Å². The SMILES string of the molecule is CC(C)c1ccc(C(=O)NC(=S)Nc2ccc(S(=O)(=O)Nc3ccccc3)cc2)cc1. The van der Waals surface area contributed by atoms with Crippen LogP contribution in [0.2, 0.25) is 0 Å². The predicted octanol–water partition coefficient (Wildman–Crippen LogP) is 4.74. The van der Waals surface area contributed by atoms with Crippen molar-refractivity contribution in [1.82, 2.24) is 5.32 Å². The summed E-state index contributed by atoms with van der Waals surface area (Å²) in [5.74, 6) is 0.0635. The van der Waals surface area contributed by atoms with E-state index in [4.69, 9.17) is 12.2 Å². The standard InChI is InChI=1S/C23H23N3O3S2/c1-16(2)17-8-10-18(11-9-17)22(27)25-23(30)24-19-12-14-21(15-13-19)31(28,29)26-20-6-4-3-5-7-20/h3-16,26H,1-2H3,(H2,24,25,27,30). The minimum absolute atomic E-state index is 0.113. The second-order valence-electron chi connectivity index (χ2n) is 7.18. The Hall–Kier alpha value is -3.23. The first kappa shape index (κ1) is 22.5. The fraction of sp³-hybridized carbons (Fsp3) is 0.130. The van der Waals surface area contributed by atoms with Gasteiger partial charge in [0.15, 0.2) is 5.11 Å². The average molecular weight is 454 g/mol. The van der Waals surface area contributed by atoms with Crippen molar-refractivity contribution in [3.8, 4) is 0 Å². The van der Waals surface area contributed by atoms with Crippen molar-refractivity contribution in [3.63, 3.8) is 0 Å². The van der Waals surface area contributed by atoms with Crippen LogP contribution in [0.5, 0.6) is 0 Å². The summed E-state index contributed by atoms with van der Waals surface area (Å²) in [7, 11) is -3.70. The third-order valence-corrected chi connectivity index (χ3v) is 6.12. The third-order valence-electron chi connectivity index (χ3n) is 4.52. The van der Waals surface area contributed by atoms with Crippen molar-refractivity contribution in [3.05, 3.63) is 90.0 Å². The fourth-order valence-corrected chi connectivity index (χ4v) is 4.06. The van der Waals surface area contributed by atoms with E-state index < -0.39 is 10.0 Å². The molecule has 0 bridgehead atoms. The van der Waals surface area contributed by atoms with Gasteiger partial charge in [0, 0.05) is 16.9 Å². The Labute approximate surface area is 187 Å². The molecule has 0 radical (unpaired) electrons. The van der Waals surface area contributed by atoms with E-state index in [-0.39, 0.29) is 15.9 Å². The maximum absolute atomic E-state index is 12.5. The van der Waals surface area contributed by atoms with Crippen LogP contribution < -0.4 is 15.4 Å². The number of rotatable bonds is 6. The quantitative estimate of drug-likeness (QED) is 0.470. The Morgan fingerprint density at radius 1 is 0.839 bits per heavy atom. The van der Waals surface area contributed by atoms with Crippen LogP contribution in [0.1, 0.15) is 35.7 Å². The monoisotopic (exact) mass is 453 g/mol. The summed E-state index contributed by atoms with van der Waals surface area (Å²) in [5, 5.41) is 5.63. The number of para-hydroxylation sites is 1. The summed E-state index contributed by atoms with van der Waals surface area (Å²) < 4.78 is 27.5. The molecule has 1 amide bonds. The molecule has 0 aliphatic heterocycles. The van der Waals surface area contributed by atoms with Gasteiger partial charge in [-0.15, -0.1) is 0 Å². The smallest absolute Gasteiger partial charge is 0.261 e. The summed E-state index contributed by atoms with van der Waals surface area (Å²) in [5.41, 5.74) is 2.69. The second-order valence-corrected chi connectivity index (χ2v) is 9.27. The lowest BCUT2D eigenvalue weighted by molar-refractivity contribution is 0.0977. The van der Waals surface area contributed by atoms with Gasteiger partial charge in [0.2, 0.25) is 0 Å². The van der Waals surface area contributed by atoms with Gasteiger partial charge < -0.3 is 5.32 Å². The molecule has 0 atom stereocenters. The number of sulfonamides is 1. The van der Waals surface area contributed by atoms with Gasteiger partial charge in [-0.1, -0.05) is 44.2 Å². The Morgan fingerprint density at radius 3 is 2.03 bits per heavy atom. The highest BCUT2D eigenvalue weighted by molar-refractivity contribution is 7.92. The normalized spacial score (nSPS) is 11.1. The van der Waals surface area contributed by atoms with E-state index in [1.165, 1.54) is 12.1 Å². The molecule has 0 aliphatic carbocycles. The van der Waals surface area contributed by atoms with E-state index in [1.807, 2.05) is 12.1 Å². The van der Waals surface area contributed by atoms with Crippen molar-refractivity contribution >= 4 is 44.6 Å². The molecular formula is C23H23N3O3S2. The molecule has 31 heavy (non-hydrogen) atoms. The van der Waals surface area contributed by atoms with Gasteiger partial charge in [0.25, 0.3) is 15.9 Å². The molecule has 160 valence electrons. The maximum atomic E-state index is 12.5. The van der Waals surface area contributed by atoms with E-state index in [0.29, 0.717) is 22.9 Å². The van der Waals surface area contributed by atoms with E-state index >= 15 is 0 Å². The zero-order chi connectivity index (χ0) is 22.4. The number of amides is 1. The van der Waals surface area contributed by atoms with Crippen molar-refractivity contribution in [2.45, 2.75) is 24.7 Å². The van der Waals surface area contributed by atoms with Crippen LogP contribution in [0.15, 0.2) is 83.8 Å². The van der Waals surface area contributed by atoms with Gasteiger partial charge in [-0.05, 0) is 72.2 Å². The number of carbonyl (C=O) groups is 1. The molecule has 3 N–H and O–H groups in total. The Balaban J connectivity index is 1.60. The molecule has 0 unspecified atom stereocenters. The minimum Gasteiger partial charge on any atom is -0.332 e. The molecule has 8 heteroatoms. The average Bonchev–Trinajstić information content (AvgIpc) is 2.74. The number of nitrogens with one attached hydrogen (secondary N) is 3. The molecular weight excluding hydrogens is 430 g/mol. The second kappa shape index (κ2) is 9.72. The van der Waals surface area contributed by atoms with Crippen LogP contribution in [-0.4, -0.2) is 19.4 Å². The number of benzene rings is 3. The number of anilines is 2. The third kappa shape index (κ3) is 6.13. The lowest BCUT2D eigenvalue weighted by Crippen LogP contribution is -2.34. The molecule has 3 rings (SSSR count). The fourth-order valence-electron chi connectivity index (χ4n) is 2.79. The van der Waals surface area contributed by atoms with Crippen LogP contribution >= 0.6 is 12.2 Å². The number of thiocarbonyl (C=S) groups is 1. The Bertz CT molecular complexity index is 1160. The van der Waals surface area contributed by atoms with Gasteiger partial charge in [-0.25, -0.2) is 8.42 Å². The van der Waals surface area contributed by atoms with Crippen LogP contribution in [-0.2, 0) is 10.0 Å². The predicted molar refractivity (Wildman–Crippen MR) is 128 cm³/mol. The molecule has 0 fully saturated rings. The molecule has 0 saturated heterocycles. The van der Waals surface area contributed by atoms with Crippen LogP contribution in [0.4, 0.5) is 11.4 Å². The van der Waals surface area contributed by atoms with Gasteiger partial charge >= 0.3 is 0 Å². The molecule has 6 nitrogen and oxygen atoms in total. The number of carbonyl (C=O) groups excluding carboxylic acids is 1. The van der Waals surface area contributed by atoms with Gasteiger partial charge in [-0.3, -0.25) is 14.8 Å². The number of hydrogen-bond donors (Lipinski definition) is 3. The topological polar surface area (TPSA) is 87.3 Å². The van der Waals surface area contributed by atoms with Gasteiger partial charge in [-0.2, -0.15) is 0 Å². The number of hydrogen-bond acceptors (Lipinski definition) is 4. The van der Waals surface area contributed by atoms with Gasteiger partial charge in [0.05, 0.1) is 4.90 Å². The first-order valence-corrected chi connectivity index (χ1v) is 11.5. The minimum atomic E-state index is -3.70. The first-order chi connectivity index (χ1) is 14.7. The molecule has 0 aromatic heterocycles. The lowest BCUT2D eigenvalue weighted by Gasteiger charge is -2.12. The van der Waals surface area contributed by atoms with Gasteiger partial charge in [0.1, 0.15) is 0 Å². The molecule has 0 aliphatic rings. The highest BCUT2D eigenvalue weighted by atomic mass is 32.2. The van der Waals surface area contributed by atoms with Crippen LogP contribution in [0.3, 0.4) is 0 Å². The summed E-state index contributed by atoms with van der Waals surface area (Å²) in [6.45, 7) is 4.17. The van der Waals surface area contributed by atoms with Crippen molar-refractivity contribution in [1.29, 1.82) is 0 Å². The highest BCUT2D eigenvalue weighted by Gasteiger charge is 2.14. The summed E-state index contributed by atoms with van der Waals surface area (Å²) in [6.07, 6.45) is 0. The van der Waals surface area contributed by atoms with Crippen molar-refractivity contribution < 1.29 is 13.2 Å². The molecule has 3 aromatic carbocycles. The molecule has 3 aromatic rings. The van der Waals surface area contributed by atoms with Crippen molar-refractivity contribution in [2.75, 3.05) is 10.0 Å². The van der Waals surface area contributed by atoms with E-state index in [0.717, 1.165) is 5.56 Å². The lowest BCUT2D eigenvalue weighted by atomic mass is 10.0. The van der Waals surface area contributed by atoms with Crippen LogP contribution in [0.25, 0.3) is 0 Å².